The van der Waals surface area contributed by atoms with E-state index in [1.54, 1.807) is 7.05 Å². The average molecular weight is 336 g/mol. The third kappa shape index (κ3) is 4.48. The zero-order valence-electron chi connectivity index (χ0n) is 15.9. The molecule has 24 heavy (non-hydrogen) atoms. The maximum Gasteiger partial charge on any atom is 0.191 e. The second-order valence-corrected chi connectivity index (χ2v) is 6.59. The summed E-state index contributed by atoms with van der Waals surface area (Å²) in [5.41, 5.74) is 3.48. The van der Waals surface area contributed by atoms with Gasteiger partial charge in [0.05, 0.1) is 18.9 Å². The van der Waals surface area contributed by atoms with Crippen LogP contribution in [0, 0.1) is 13.8 Å². The van der Waals surface area contributed by atoms with Gasteiger partial charge in [-0.05, 0) is 27.7 Å². The zero-order valence-corrected chi connectivity index (χ0v) is 15.9. The van der Waals surface area contributed by atoms with Crippen molar-refractivity contribution < 1.29 is 4.74 Å². The molecular formula is C17H32N6O. The molecule has 1 aliphatic rings. The van der Waals surface area contributed by atoms with Gasteiger partial charge in [-0.25, -0.2) is 0 Å². The van der Waals surface area contributed by atoms with Crippen molar-refractivity contribution >= 4 is 5.96 Å². The Hall–Kier alpha value is -1.60. The standard InChI is InChI=1S/C17H32N6O/c1-12(23-7-8-24-11-13(23)2)9-19-17(18-5)20-10-16-14(3)21-22(6)15(16)4/h12-13H,7-11H2,1-6H3,(H2,18,19,20). The summed E-state index contributed by atoms with van der Waals surface area (Å²) in [6.45, 7) is 12.8. The largest absolute Gasteiger partial charge is 0.379 e. The van der Waals surface area contributed by atoms with Gasteiger partial charge in [-0.1, -0.05) is 0 Å². The van der Waals surface area contributed by atoms with E-state index < -0.39 is 0 Å². The lowest BCUT2D eigenvalue weighted by molar-refractivity contribution is -0.0174. The molecule has 1 aromatic heterocycles. The van der Waals surface area contributed by atoms with Gasteiger partial charge in [0.2, 0.25) is 0 Å². The second kappa shape index (κ2) is 8.48. The van der Waals surface area contributed by atoms with Gasteiger partial charge in [0.1, 0.15) is 0 Å². The van der Waals surface area contributed by atoms with Crippen LogP contribution in [0.15, 0.2) is 4.99 Å². The molecule has 2 rings (SSSR count). The van der Waals surface area contributed by atoms with Gasteiger partial charge in [0, 0.05) is 57.1 Å². The van der Waals surface area contributed by atoms with Crippen LogP contribution < -0.4 is 10.6 Å². The Morgan fingerprint density at radius 2 is 2.17 bits per heavy atom. The molecule has 2 atom stereocenters. The third-order valence-electron chi connectivity index (χ3n) is 4.87. The quantitative estimate of drug-likeness (QED) is 0.615. The molecule has 0 amide bonds. The molecule has 0 saturated carbocycles. The summed E-state index contributed by atoms with van der Waals surface area (Å²) in [6.07, 6.45) is 0. The van der Waals surface area contributed by atoms with E-state index in [-0.39, 0.29) is 0 Å². The van der Waals surface area contributed by atoms with Crippen LogP contribution in [-0.4, -0.2) is 66.1 Å². The van der Waals surface area contributed by atoms with E-state index in [0.717, 1.165) is 44.5 Å². The van der Waals surface area contributed by atoms with Gasteiger partial charge in [-0.15, -0.1) is 0 Å². The Labute approximate surface area is 145 Å². The first kappa shape index (κ1) is 18.7. The van der Waals surface area contributed by atoms with Crippen molar-refractivity contribution in [1.29, 1.82) is 0 Å². The topological polar surface area (TPSA) is 66.7 Å². The number of rotatable bonds is 5. The Kier molecular flexibility index (Phi) is 6.62. The number of nitrogens with one attached hydrogen (secondary N) is 2. The smallest absolute Gasteiger partial charge is 0.191 e. The number of aromatic nitrogens is 2. The number of morpholine rings is 1. The molecule has 0 spiro atoms. The van der Waals surface area contributed by atoms with E-state index in [4.69, 9.17) is 4.74 Å². The van der Waals surface area contributed by atoms with E-state index in [1.165, 1.54) is 11.3 Å². The molecule has 1 saturated heterocycles. The number of nitrogens with zero attached hydrogens (tertiary/aromatic N) is 4. The molecule has 1 aromatic rings. The van der Waals surface area contributed by atoms with E-state index in [1.807, 2.05) is 18.7 Å². The summed E-state index contributed by atoms with van der Waals surface area (Å²) in [5, 5.41) is 11.3. The molecule has 1 fully saturated rings. The monoisotopic (exact) mass is 336 g/mol. The minimum atomic E-state index is 0.435. The zero-order chi connectivity index (χ0) is 17.7. The summed E-state index contributed by atoms with van der Waals surface area (Å²) in [7, 11) is 3.78. The molecule has 0 bridgehead atoms. The normalized spacial score (nSPS) is 20.9. The molecular weight excluding hydrogens is 304 g/mol. The predicted molar refractivity (Wildman–Crippen MR) is 97.3 cm³/mol. The Bertz CT molecular complexity index is 568. The first-order valence-electron chi connectivity index (χ1n) is 8.71. The molecule has 7 heteroatoms. The predicted octanol–water partition coefficient (Wildman–Crippen LogP) is 0.811. The van der Waals surface area contributed by atoms with Crippen molar-refractivity contribution in [2.75, 3.05) is 33.4 Å². The van der Waals surface area contributed by atoms with Crippen molar-refractivity contribution in [2.45, 2.75) is 46.3 Å². The molecule has 0 radical (unpaired) electrons. The van der Waals surface area contributed by atoms with Gasteiger partial charge >= 0.3 is 0 Å². The van der Waals surface area contributed by atoms with Crippen LogP contribution >= 0.6 is 0 Å². The van der Waals surface area contributed by atoms with E-state index in [2.05, 4.69) is 46.4 Å². The summed E-state index contributed by atoms with van der Waals surface area (Å²) in [4.78, 5) is 6.81. The first-order valence-corrected chi connectivity index (χ1v) is 8.71. The third-order valence-corrected chi connectivity index (χ3v) is 4.87. The van der Waals surface area contributed by atoms with Gasteiger partial charge in [-0.3, -0.25) is 14.6 Å². The molecule has 2 heterocycles. The molecule has 136 valence electrons. The van der Waals surface area contributed by atoms with Crippen molar-refractivity contribution in [3.63, 3.8) is 0 Å². The van der Waals surface area contributed by atoms with Gasteiger partial charge in [0.15, 0.2) is 5.96 Å². The van der Waals surface area contributed by atoms with Gasteiger partial charge in [0.25, 0.3) is 0 Å². The molecule has 1 aliphatic heterocycles. The fourth-order valence-electron chi connectivity index (χ4n) is 3.22. The van der Waals surface area contributed by atoms with Crippen molar-refractivity contribution in [1.82, 2.24) is 25.3 Å². The van der Waals surface area contributed by atoms with Crippen LogP contribution in [0.4, 0.5) is 0 Å². The van der Waals surface area contributed by atoms with Crippen molar-refractivity contribution in [3.8, 4) is 0 Å². The average Bonchev–Trinajstić information content (AvgIpc) is 2.80. The van der Waals surface area contributed by atoms with Crippen LogP contribution in [-0.2, 0) is 18.3 Å². The van der Waals surface area contributed by atoms with Crippen molar-refractivity contribution in [3.05, 3.63) is 17.0 Å². The van der Waals surface area contributed by atoms with Crippen LogP contribution in [0.3, 0.4) is 0 Å². The summed E-state index contributed by atoms with van der Waals surface area (Å²) >= 11 is 0. The molecule has 7 nitrogen and oxygen atoms in total. The summed E-state index contributed by atoms with van der Waals surface area (Å²) in [5.74, 6) is 0.824. The van der Waals surface area contributed by atoms with Crippen LogP contribution in [0.5, 0.6) is 0 Å². The lowest BCUT2D eigenvalue weighted by Crippen LogP contribution is -2.53. The number of ether oxygens (including phenoxy) is 1. The lowest BCUT2D eigenvalue weighted by Gasteiger charge is -2.38. The molecule has 0 aromatic carbocycles. The Morgan fingerprint density at radius 1 is 1.42 bits per heavy atom. The van der Waals surface area contributed by atoms with Gasteiger partial charge < -0.3 is 15.4 Å². The van der Waals surface area contributed by atoms with Gasteiger partial charge in [-0.2, -0.15) is 5.10 Å². The highest BCUT2D eigenvalue weighted by atomic mass is 16.5. The molecule has 0 aliphatic carbocycles. The number of hydrogen-bond acceptors (Lipinski definition) is 4. The highest BCUT2D eigenvalue weighted by Gasteiger charge is 2.23. The second-order valence-electron chi connectivity index (χ2n) is 6.59. The molecule has 2 unspecified atom stereocenters. The summed E-state index contributed by atoms with van der Waals surface area (Å²) in [6, 6.07) is 0.899. The minimum absolute atomic E-state index is 0.435. The van der Waals surface area contributed by atoms with E-state index >= 15 is 0 Å². The fraction of sp³-hybridized carbons (Fsp3) is 0.765. The number of aryl methyl sites for hydroxylation is 2. The minimum Gasteiger partial charge on any atom is -0.379 e. The van der Waals surface area contributed by atoms with E-state index in [9.17, 15) is 0 Å². The number of aliphatic imine (C=N–C) groups is 1. The highest BCUT2D eigenvalue weighted by Crippen LogP contribution is 2.11. The Morgan fingerprint density at radius 3 is 2.75 bits per heavy atom. The Balaban J connectivity index is 1.84. The highest BCUT2D eigenvalue weighted by molar-refractivity contribution is 5.79. The first-order chi connectivity index (χ1) is 11.4. The number of guanidine groups is 1. The SMILES string of the molecule is CN=C(NCc1c(C)nn(C)c1C)NCC(C)N1CCOCC1C. The maximum absolute atomic E-state index is 5.51. The number of hydrogen-bond donors (Lipinski definition) is 2. The molecule has 2 N–H and O–H groups in total. The van der Waals surface area contributed by atoms with Crippen LogP contribution in [0.25, 0.3) is 0 Å². The lowest BCUT2D eigenvalue weighted by atomic mass is 10.2. The summed E-state index contributed by atoms with van der Waals surface area (Å²) < 4.78 is 7.44. The van der Waals surface area contributed by atoms with Crippen LogP contribution in [0.1, 0.15) is 30.8 Å². The van der Waals surface area contributed by atoms with E-state index in [0.29, 0.717) is 12.1 Å². The van der Waals surface area contributed by atoms with Crippen LogP contribution in [0.2, 0.25) is 0 Å². The van der Waals surface area contributed by atoms with Crippen molar-refractivity contribution in [2.24, 2.45) is 12.0 Å². The fourth-order valence-corrected chi connectivity index (χ4v) is 3.22. The maximum atomic E-state index is 5.51.